The van der Waals surface area contributed by atoms with Gasteiger partial charge in [-0.2, -0.15) is 49.6 Å². The second kappa shape index (κ2) is 19.9. The van der Waals surface area contributed by atoms with E-state index in [9.17, 15) is 13.2 Å². The molecule has 0 bridgehead atoms. The van der Waals surface area contributed by atoms with Gasteiger partial charge in [-0.25, -0.2) is 0 Å². The van der Waals surface area contributed by atoms with Gasteiger partial charge in [-0.1, -0.05) is 115 Å². The monoisotopic (exact) mass is 1100 g/mol. The second-order valence-corrected chi connectivity index (χ2v) is 16.4. The van der Waals surface area contributed by atoms with Crippen molar-refractivity contribution in [2.24, 2.45) is 0 Å². The molecule has 0 aliphatic rings. The van der Waals surface area contributed by atoms with Crippen LogP contribution in [0.2, 0.25) is 0 Å². The first-order valence-electron chi connectivity index (χ1n) is 22.2. The summed E-state index contributed by atoms with van der Waals surface area (Å²) >= 11 is 0. The number of nitrogens with zero attached hydrogens (tertiary/aromatic N) is 8. The molecule has 0 aliphatic heterocycles. The Kier molecular flexibility index (Phi) is 13.4. The van der Waals surface area contributed by atoms with Gasteiger partial charge < -0.3 is 19.2 Å². The standard InChI is InChI=1S/2C25H19N2.C8H4F3N4.Ir/c2*1-18-19(2)27(25-16-8-12-21-10-4-6-14-23(21)25)17-26(18)24-15-7-11-20-9-3-5-13-22(20)24;9-8(10,11)7-13-6(14-15-7)5-3-1-2-4-12-5;/h2*3-15H,1-2H3;1-4H;/q3*-1;. The molecule has 8 aromatic carbocycles. The molecule has 0 amide bonds. The number of rotatable bonds is 5. The summed E-state index contributed by atoms with van der Waals surface area (Å²) in [6.07, 6.45) is 4.01. The Morgan fingerprint density at radius 3 is 1.34 bits per heavy atom. The van der Waals surface area contributed by atoms with Crippen molar-refractivity contribution in [3.63, 3.8) is 0 Å². The molecule has 0 spiro atoms. The minimum atomic E-state index is -4.57. The topological polar surface area (TPSA) is 70.4 Å². The molecule has 12 heteroatoms. The van der Waals surface area contributed by atoms with E-state index in [-0.39, 0.29) is 31.6 Å². The van der Waals surface area contributed by atoms with Crippen molar-refractivity contribution in [1.82, 2.24) is 29.3 Å². The van der Waals surface area contributed by atoms with Gasteiger partial charge in [0, 0.05) is 37.7 Å². The fraction of sp³-hybridized carbons (Fsp3) is 0.0862. The molecule has 1 radical (unpaired) electrons. The van der Waals surface area contributed by atoms with Gasteiger partial charge in [0.1, 0.15) is 5.82 Å². The molecule has 0 saturated heterocycles. The SMILES string of the molecule is Cc1c(C)[n+](-c2cccc3ccccc23)[c-]n1-c1[c-]ccc2ccccc12.Cc1c(C)[n+](-c2cccc3ccccc23)[c-]n1-c1[c-]ccc2ccccc12.FC(F)(F)c1n[n-]c(-c2ccccn2)n1.[Ir]. The normalized spacial score (nSPS) is 11.2. The summed E-state index contributed by atoms with van der Waals surface area (Å²) in [5.74, 6) is -1.37. The van der Waals surface area contributed by atoms with E-state index < -0.39 is 12.0 Å². The van der Waals surface area contributed by atoms with Crippen LogP contribution < -0.4 is 14.2 Å². The number of fused-ring (bicyclic) bond motifs is 4. The molecule has 347 valence electrons. The molecule has 0 atom stereocenters. The smallest absolute Gasteiger partial charge is 0.413 e. The van der Waals surface area contributed by atoms with Crippen molar-refractivity contribution in [3.8, 4) is 34.3 Å². The third-order valence-electron chi connectivity index (χ3n) is 12.2. The Bertz CT molecular complexity index is 3370. The fourth-order valence-corrected chi connectivity index (χ4v) is 8.48. The summed E-state index contributed by atoms with van der Waals surface area (Å²) in [6, 6.07) is 66.4. The number of halogens is 3. The maximum atomic E-state index is 12.1. The Morgan fingerprint density at radius 2 is 0.914 bits per heavy atom. The average Bonchev–Trinajstić information content (AvgIpc) is 4.09. The van der Waals surface area contributed by atoms with Crippen molar-refractivity contribution in [2.75, 3.05) is 0 Å². The first-order chi connectivity index (χ1) is 33.5. The van der Waals surface area contributed by atoms with Crippen LogP contribution >= 0.6 is 0 Å². The number of pyridine rings is 1. The average molecular weight is 1100 g/mol. The van der Waals surface area contributed by atoms with Gasteiger partial charge in [0.25, 0.3) is 12.7 Å². The molecule has 0 N–H and O–H groups in total. The number of alkyl halides is 3. The van der Waals surface area contributed by atoms with Gasteiger partial charge in [0.15, 0.2) is 0 Å². The molecule has 8 nitrogen and oxygen atoms in total. The van der Waals surface area contributed by atoms with Crippen LogP contribution in [-0.2, 0) is 26.3 Å². The summed E-state index contributed by atoms with van der Waals surface area (Å²) < 4.78 is 45.0. The Labute approximate surface area is 416 Å². The van der Waals surface area contributed by atoms with Crippen LogP contribution in [-0.4, -0.2) is 24.2 Å². The molecular formula is C58H42F3IrN8-3. The van der Waals surface area contributed by atoms with Gasteiger partial charge in [-0.15, -0.1) is 33.7 Å². The van der Waals surface area contributed by atoms with Crippen LogP contribution in [0, 0.1) is 52.5 Å². The first kappa shape index (κ1) is 47.0. The predicted molar refractivity (Wildman–Crippen MR) is 263 cm³/mol. The third-order valence-corrected chi connectivity index (χ3v) is 12.2. The molecular weight excluding hydrogens is 1060 g/mol. The van der Waals surface area contributed by atoms with Crippen molar-refractivity contribution in [1.29, 1.82) is 0 Å². The van der Waals surface area contributed by atoms with Crippen LogP contribution in [0.3, 0.4) is 0 Å². The summed E-state index contributed by atoms with van der Waals surface area (Å²) in [7, 11) is 0. The Hall–Kier alpha value is -8.05. The van der Waals surface area contributed by atoms with E-state index in [1.807, 2.05) is 12.1 Å². The van der Waals surface area contributed by atoms with Gasteiger partial charge in [-0.05, 0) is 90.7 Å². The summed E-state index contributed by atoms with van der Waals surface area (Å²) in [5.41, 5.74) is 9.30. The van der Waals surface area contributed by atoms with Crippen LogP contribution in [0.25, 0.3) is 77.4 Å². The maximum Gasteiger partial charge on any atom is 0.429 e. The Morgan fingerprint density at radius 1 is 0.500 bits per heavy atom. The van der Waals surface area contributed by atoms with Crippen molar-refractivity contribution in [3.05, 3.63) is 236 Å². The van der Waals surface area contributed by atoms with Crippen LogP contribution in [0.15, 0.2) is 182 Å². The van der Waals surface area contributed by atoms with Gasteiger partial charge in [0.05, 0.1) is 28.5 Å². The zero-order chi connectivity index (χ0) is 47.6. The number of aromatic nitrogens is 8. The molecule has 12 rings (SSSR count). The minimum Gasteiger partial charge on any atom is -0.413 e. The van der Waals surface area contributed by atoms with E-state index in [1.54, 1.807) is 12.1 Å². The zero-order valence-electron chi connectivity index (χ0n) is 38.4. The van der Waals surface area contributed by atoms with E-state index in [0.29, 0.717) is 0 Å². The fourth-order valence-electron chi connectivity index (χ4n) is 8.48. The van der Waals surface area contributed by atoms with Gasteiger partial charge in [0.2, 0.25) is 0 Å². The van der Waals surface area contributed by atoms with Crippen LogP contribution in [0.5, 0.6) is 0 Å². The zero-order valence-corrected chi connectivity index (χ0v) is 40.8. The van der Waals surface area contributed by atoms with Crippen molar-refractivity contribution in [2.45, 2.75) is 33.9 Å². The second-order valence-electron chi connectivity index (χ2n) is 16.4. The number of benzene rings is 8. The molecule has 0 unspecified atom stereocenters. The molecule has 0 aliphatic carbocycles. The largest absolute Gasteiger partial charge is 0.429 e. The predicted octanol–water partition coefficient (Wildman–Crippen LogP) is 12.1. The summed E-state index contributed by atoms with van der Waals surface area (Å²) in [4.78, 5) is 7.05. The molecule has 4 aromatic heterocycles. The van der Waals surface area contributed by atoms with E-state index in [0.717, 1.165) is 34.1 Å². The molecule has 4 heterocycles. The molecule has 70 heavy (non-hydrogen) atoms. The number of hydrogen-bond donors (Lipinski definition) is 0. The maximum absolute atomic E-state index is 12.1. The quantitative estimate of drug-likeness (QED) is 0.127. The molecule has 0 saturated carbocycles. The molecule has 0 fully saturated rings. The van der Waals surface area contributed by atoms with Gasteiger partial charge >= 0.3 is 6.18 Å². The van der Waals surface area contributed by atoms with Crippen LogP contribution in [0.1, 0.15) is 28.6 Å². The van der Waals surface area contributed by atoms with Gasteiger partial charge in [-0.3, -0.25) is 19.2 Å². The summed E-state index contributed by atoms with van der Waals surface area (Å²) in [5, 5.41) is 15.9. The molecule has 12 aromatic rings. The Balaban J connectivity index is 0.000000135. The van der Waals surface area contributed by atoms with Crippen LogP contribution in [0.4, 0.5) is 13.2 Å². The van der Waals surface area contributed by atoms with E-state index in [4.69, 9.17) is 0 Å². The third kappa shape index (κ3) is 9.14. The van der Waals surface area contributed by atoms with Crippen molar-refractivity contribution >= 4 is 43.1 Å². The summed E-state index contributed by atoms with van der Waals surface area (Å²) in [6.45, 7) is 8.58. The first-order valence-corrected chi connectivity index (χ1v) is 22.2. The number of hydrogen-bond acceptors (Lipinski definition) is 3. The van der Waals surface area contributed by atoms with Crippen molar-refractivity contribution < 1.29 is 42.4 Å². The van der Waals surface area contributed by atoms with E-state index >= 15 is 0 Å². The van der Waals surface area contributed by atoms with E-state index in [2.05, 4.69) is 237 Å². The number of imidazole rings is 2. The van der Waals surface area contributed by atoms with E-state index in [1.165, 1.54) is 66.7 Å². The minimum absolute atomic E-state index is 0.